The van der Waals surface area contributed by atoms with Crippen molar-refractivity contribution in [3.05, 3.63) is 24.3 Å². The Morgan fingerprint density at radius 1 is 1.08 bits per heavy atom. The van der Waals surface area contributed by atoms with Gasteiger partial charge < -0.3 is 4.74 Å². The summed E-state index contributed by atoms with van der Waals surface area (Å²) in [7, 11) is 6.45. The summed E-state index contributed by atoms with van der Waals surface area (Å²) in [6.07, 6.45) is 0. The minimum Gasteiger partial charge on any atom is -0.494 e. The molecule has 72 valence electrons. The van der Waals surface area contributed by atoms with Crippen LogP contribution >= 0.6 is 0 Å². The lowest BCUT2D eigenvalue weighted by Crippen LogP contribution is -2.34. The van der Waals surface area contributed by atoms with Gasteiger partial charge in [-0.05, 0) is 19.1 Å². The van der Waals surface area contributed by atoms with Crippen molar-refractivity contribution in [2.24, 2.45) is 0 Å². The number of hydrogen-bond acceptors (Lipinski definition) is 1. The van der Waals surface area contributed by atoms with Crippen molar-refractivity contribution in [1.29, 1.82) is 0 Å². The molecule has 0 atom stereocenters. The third kappa shape index (κ3) is 2.74. The normalized spacial score (nSPS) is 11.4. The number of benzene rings is 1. The molecule has 0 bridgehead atoms. The van der Waals surface area contributed by atoms with Crippen LogP contribution in [-0.4, -0.2) is 27.7 Å². The predicted molar refractivity (Wildman–Crippen MR) is 57.2 cm³/mol. The van der Waals surface area contributed by atoms with Crippen molar-refractivity contribution in [3.63, 3.8) is 0 Å². The maximum atomic E-state index is 5.37. The monoisotopic (exact) mass is 180 g/mol. The lowest BCUT2D eigenvalue weighted by molar-refractivity contribution is 0.340. The van der Waals surface area contributed by atoms with Gasteiger partial charge in [0.2, 0.25) is 0 Å². The molecule has 0 unspecified atom stereocenters. The highest BCUT2D eigenvalue weighted by molar-refractivity contribution is 5.44. The Balaban J connectivity index is 2.81. The van der Waals surface area contributed by atoms with E-state index >= 15 is 0 Å². The molecule has 1 rings (SSSR count). The zero-order valence-electron chi connectivity index (χ0n) is 8.87. The van der Waals surface area contributed by atoms with Gasteiger partial charge in [0.05, 0.1) is 27.7 Å². The minimum absolute atomic E-state index is 0.726. The summed E-state index contributed by atoms with van der Waals surface area (Å²) in [6.45, 7) is 2.72. The standard InChI is InChI=1S/C11H18NO/c1-5-13-11-8-6-10(7-9-11)12(2,3)4/h6-9H,5H2,1-4H3/q+1. The van der Waals surface area contributed by atoms with Crippen LogP contribution in [0.5, 0.6) is 5.75 Å². The van der Waals surface area contributed by atoms with Gasteiger partial charge in [0.1, 0.15) is 11.4 Å². The van der Waals surface area contributed by atoms with Crippen molar-refractivity contribution in [2.75, 3.05) is 27.7 Å². The molecule has 0 saturated carbocycles. The molecule has 13 heavy (non-hydrogen) atoms. The van der Waals surface area contributed by atoms with Gasteiger partial charge in [-0.1, -0.05) is 0 Å². The lowest BCUT2D eigenvalue weighted by atomic mass is 10.2. The number of quaternary nitrogens is 1. The van der Waals surface area contributed by atoms with Crippen molar-refractivity contribution in [3.8, 4) is 5.75 Å². The Hall–Kier alpha value is -1.02. The van der Waals surface area contributed by atoms with Gasteiger partial charge in [0.25, 0.3) is 0 Å². The van der Waals surface area contributed by atoms with Gasteiger partial charge in [-0.15, -0.1) is 0 Å². The van der Waals surface area contributed by atoms with Crippen molar-refractivity contribution < 1.29 is 4.74 Å². The molecule has 0 aromatic heterocycles. The Bertz CT molecular complexity index is 258. The second-order valence-electron chi connectivity index (χ2n) is 3.94. The summed E-state index contributed by atoms with van der Waals surface area (Å²) in [4.78, 5) is 0. The first kappa shape index (κ1) is 10.1. The van der Waals surface area contributed by atoms with Crippen molar-refractivity contribution in [1.82, 2.24) is 4.48 Å². The SMILES string of the molecule is CCOc1ccc([N+](C)(C)C)cc1. The van der Waals surface area contributed by atoms with E-state index in [4.69, 9.17) is 4.74 Å². The van der Waals surface area contributed by atoms with Crippen LogP contribution in [0.2, 0.25) is 0 Å². The summed E-state index contributed by atoms with van der Waals surface area (Å²) >= 11 is 0. The third-order valence-electron chi connectivity index (χ3n) is 1.92. The van der Waals surface area contributed by atoms with Crippen LogP contribution < -0.4 is 9.22 Å². The van der Waals surface area contributed by atoms with E-state index in [9.17, 15) is 0 Å². The summed E-state index contributed by atoms with van der Waals surface area (Å²) < 4.78 is 6.21. The fourth-order valence-electron chi connectivity index (χ4n) is 1.16. The van der Waals surface area contributed by atoms with Gasteiger partial charge in [-0.2, -0.15) is 0 Å². The van der Waals surface area contributed by atoms with E-state index in [0.717, 1.165) is 16.8 Å². The largest absolute Gasteiger partial charge is 0.494 e. The van der Waals surface area contributed by atoms with E-state index in [1.54, 1.807) is 0 Å². The molecule has 0 aliphatic rings. The van der Waals surface area contributed by atoms with Crippen LogP contribution in [0.25, 0.3) is 0 Å². The predicted octanol–water partition coefficient (Wildman–Crippen LogP) is 2.28. The topological polar surface area (TPSA) is 9.23 Å². The molecular formula is C11H18NO+. The smallest absolute Gasteiger partial charge is 0.132 e. The fraction of sp³-hybridized carbons (Fsp3) is 0.455. The van der Waals surface area contributed by atoms with E-state index in [2.05, 4.69) is 33.3 Å². The Labute approximate surface area is 80.3 Å². The molecule has 0 spiro atoms. The summed E-state index contributed by atoms with van der Waals surface area (Å²) in [5, 5.41) is 0. The summed E-state index contributed by atoms with van der Waals surface area (Å²) in [5.74, 6) is 0.944. The molecule has 1 aromatic rings. The zero-order valence-corrected chi connectivity index (χ0v) is 8.87. The first-order chi connectivity index (χ1) is 6.04. The van der Waals surface area contributed by atoms with E-state index < -0.39 is 0 Å². The summed E-state index contributed by atoms with van der Waals surface area (Å²) in [5.41, 5.74) is 1.28. The average Bonchev–Trinajstić information content (AvgIpc) is 2.04. The molecule has 0 radical (unpaired) electrons. The first-order valence-electron chi connectivity index (χ1n) is 4.59. The maximum Gasteiger partial charge on any atom is 0.132 e. The quantitative estimate of drug-likeness (QED) is 0.648. The average molecular weight is 180 g/mol. The number of rotatable bonds is 3. The molecule has 2 nitrogen and oxygen atoms in total. The van der Waals surface area contributed by atoms with Gasteiger partial charge in [0.15, 0.2) is 0 Å². The van der Waals surface area contributed by atoms with Crippen LogP contribution in [0.15, 0.2) is 24.3 Å². The number of hydrogen-bond donors (Lipinski definition) is 0. The van der Waals surface area contributed by atoms with Crippen molar-refractivity contribution >= 4 is 5.69 Å². The molecule has 0 amide bonds. The Morgan fingerprint density at radius 2 is 1.62 bits per heavy atom. The third-order valence-corrected chi connectivity index (χ3v) is 1.92. The number of nitrogens with zero attached hydrogens (tertiary/aromatic N) is 1. The van der Waals surface area contributed by atoms with Crippen molar-refractivity contribution in [2.45, 2.75) is 6.92 Å². The Kier molecular flexibility index (Phi) is 2.94. The Morgan fingerprint density at radius 3 is 2.00 bits per heavy atom. The summed E-state index contributed by atoms with van der Waals surface area (Å²) in [6, 6.07) is 8.24. The van der Waals surface area contributed by atoms with Crippen LogP contribution in [0.4, 0.5) is 5.69 Å². The van der Waals surface area contributed by atoms with E-state index in [-0.39, 0.29) is 0 Å². The number of ether oxygens (including phenoxy) is 1. The van der Waals surface area contributed by atoms with Crippen LogP contribution in [0.1, 0.15) is 6.92 Å². The van der Waals surface area contributed by atoms with Gasteiger partial charge in [-0.3, -0.25) is 4.48 Å². The minimum atomic E-state index is 0.726. The highest BCUT2D eigenvalue weighted by Gasteiger charge is 2.10. The molecule has 0 fully saturated rings. The van der Waals surface area contributed by atoms with Crippen LogP contribution in [-0.2, 0) is 0 Å². The fourth-order valence-corrected chi connectivity index (χ4v) is 1.16. The van der Waals surface area contributed by atoms with Gasteiger partial charge in [0, 0.05) is 12.1 Å². The van der Waals surface area contributed by atoms with Gasteiger partial charge in [-0.25, -0.2) is 0 Å². The van der Waals surface area contributed by atoms with Crippen LogP contribution in [0.3, 0.4) is 0 Å². The molecule has 0 heterocycles. The molecule has 0 aliphatic heterocycles. The van der Waals surface area contributed by atoms with E-state index in [0.29, 0.717) is 0 Å². The lowest BCUT2D eigenvalue weighted by Gasteiger charge is -2.23. The highest BCUT2D eigenvalue weighted by Crippen LogP contribution is 2.20. The first-order valence-corrected chi connectivity index (χ1v) is 4.59. The molecule has 2 heteroatoms. The second-order valence-corrected chi connectivity index (χ2v) is 3.94. The molecule has 0 saturated heterocycles. The second kappa shape index (κ2) is 3.79. The van der Waals surface area contributed by atoms with Crippen LogP contribution in [0, 0.1) is 0 Å². The molecule has 0 aliphatic carbocycles. The molecule has 0 N–H and O–H groups in total. The zero-order chi connectivity index (χ0) is 9.90. The molecule has 1 aromatic carbocycles. The highest BCUT2D eigenvalue weighted by atomic mass is 16.5. The molecular weight excluding hydrogens is 162 g/mol. The maximum absolute atomic E-state index is 5.37. The van der Waals surface area contributed by atoms with Gasteiger partial charge >= 0.3 is 0 Å². The van der Waals surface area contributed by atoms with E-state index in [1.165, 1.54) is 5.69 Å². The van der Waals surface area contributed by atoms with E-state index in [1.807, 2.05) is 19.1 Å².